The van der Waals surface area contributed by atoms with Gasteiger partial charge >= 0.3 is 12.0 Å². The SMILES string of the molecule is Cn1c(C(F)(F)F)[n+](C)c2ccccc21. The summed E-state index contributed by atoms with van der Waals surface area (Å²) >= 11 is 0. The van der Waals surface area contributed by atoms with Gasteiger partial charge < -0.3 is 0 Å². The molecule has 0 amide bonds. The Kier molecular flexibility index (Phi) is 1.99. The fourth-order valence-corrected chi connectivity index (χ4v) is 1.86. The van der Waals surface area contributed by atoms with Gasteiger partial charge in [-0.1, -0.05) is 12.1 Å². The van der Waals surface area contributed by atoms with Crippen LogP contribution in [0.1, 0.15) is 5.82 Å². The molecule has 0 aliphatic heterocycles. The number of benzene rings is 1. The van der Waals surface area contributed by atoms with Gasteiger partial charge in [0.25, 0.3) is 0 Å². The quantitative estimate of drug-likeness (QED) is 0.594. The number of fused-ring (bicyclic) bond motifs is 1. The highest BCUT2D eigenvalue weighted by atomic mass is 19.4. The normalized spacial score (nSPS) is 12.3. The lowest BCUT2D eigenvalue weighted by atomic mass is 10.3. The maximum atomic E-state index is 12.7. The van der Waals surface area contributed by atoms with Crippen molar-refractivity contribution in [2.45, 2.75) is 6.18 Å². The number of halogens is 3. The van der Waals surface area contributed by atoms with Crippen molar-refractivity contribution in [1.29, 1.82) is 0 Å². The zero-order chi connectivity index (χ0) is 11.2. The molecule has 1 aromatic heterocycles. The van der Waals surface area contributed by atoms with Crippen molar-refractivity contribution in [3.63, 3.8) is 0 Å². The molecule has 0 atom stereocenters. The predicted octanol–water partition coefficient (Wildman–Crippen LogP) is 2.02. The van der Waals surface area contributed by atoms with Gasteiger partial charge in [-0.15, -0.1) is 0 Å². The summed E-state index contributed by atoms with van der Waals surface area (Å²) < 4.78 is 40.4. The van der Waals surface area contributed by atoms with Gasteiger partial charge in [0.2, 0.25) is 0 Å². The van der Waals surface area contributed by atoms with Gasteiger partial charge in [0.15, 0.2) is 11.0 Å². The number of para-hydroxylation sites is 2. The number of hydrogen-bond acceptors (Lipinski definition) is 0. The van der Waals surface area contributed by atoms with Gasteiger partial charge in [-0.25, -0.2) is 9.13 Å². The summed E-state index contributed by atoms with van der Waals surface area (Å²) in [5.74, 6) is -0.649. The fraction of sp³-hybridized carbons (Fsp3) is 0.300. The van der Waals surface area contributed by atoms with E-state index < -0.39 is 12.0 Å². The Morgan fingerprint density at radius 2 is 1.80 bits per heavy atom. The lowest BCUT2D eigenvalue weighted by molar-refractivity contribution is -0.667. The van der Waals surface area contributed by atoms with Gasteiger partial charge in [-0.3, -0.25) is 0 Å². The highest BCUT2D eigenvalue weighted by Crippen LogP contribution is 2.28. The number of aryl methyl sites for hydroxylation is 2. The molecule has 5 heteroatoms. The number of nitrogens with zero attached hydrogens (tertiary/aromatic N) is 2. The van der Waals surface area contributed by atoms with E-state index in [1.54, 1.807) is 24.3 Å². The van der Waals surface area contributed by atoms with Crippen LogP contribution >= 0.6 is 0 Å². The van der Waals surface area contributed by atoms with E-state index in [1.165, 1.54) is 14.1 Å². The van der Waals surface area contributed by atoms with E-state index in [2.05, 4.69) is 0 Å². The fourth-order valence-electron chi connectivity index (χ4n) is 1.86. The lowest BCUT2D eigenvalue weighted by Gasteiger charge is -2.01. The molecule has 0 aliphatic rings. The average molecular weight is 215 g/mol. The number of imidazole rings is 1. The third-order valence-electron chi connectivity index (χ3n) is 2.49. The third kappa shape index (κ3) is 1.38. The van der Waals surface area contributed by atoms with E-state index in [9.17, 15) is 13.2 Å². The summed E-state index contributed by atoms with van der Waals surface area (Å²) in [7, 11) is 2.84. The zero-order valence-corrected chi connectivity index (χ0v) is 8.34. The first-order valence-electron chi connectivity index (χ1n) is 4.43. The molecular formula is C10H10F3N2+. The highest BCUT2D eigenvalue weighted by molar-refractivity contribution is 5.72. The zero-order valence-electron chi connectivity index (χ0n) is 8.34. The van der Waals surface area contributed by atoms with Crippen molar-refractivity contribution in [3.05, 3.63) is 30.1 Å². The first-order chi connectivity index (χ1) is 6.93. The van der Waals surface area contributed by atoms with E-state index in [4.69, 9.17) is 0 Å². The second kappa shape index (κ2) is 2.98. The molecule has 0 saturated heterocycles. The molecule has 0 saturated carbocycles. The van der Waals surface area contributed by atoms with E-state index in [0.29, 0.717) is 11.0 Å². The molecule has 15 heavy (non-hydrogen) atoms. The minimum Gasteiger partial charge on any atom is -0.222 e. The summed E-state index contributed by atoms with van der Waals surface area (Å²) in [5, 5.41) is 0. The van der Waals surface area contributed by atoms with E-state index in [1.807, 2.05) is 0 Å². The summed E-state index contributed by atoms with van der Waals surface area (Å²) in [6.07, 6.45) is -4.33. The van der Waals surface area contributed by atoms with Crippen LogP contribution in [0.2, 0.25) is 0 Å². The molecule has 1 heterocycles. The van der Waals surface area contributed by atoms with Crippen molar-refractivity contribution in [2.24, 2.45) is 14.1 Å². The van der Waals surface area contributed by atoms with Crippen molar-refractivity contribution in [1.82, 2.24) is 4.57 Å². The maximum Gasteiger partial charge on any atom is 0.495 e. The van der Waals surface area contributed by atoms with Crippen molar-refractivity contribution < 1.29 is 17.7 Å². The monoisotopic (exact) mass is 215 g/mol. The lowest BCUT2D eigenvalue weighted by Crippen LogP contribution is -2.37. The van der Waals surface area contributed by atoms with Crippen LogP contribution in [-0.2, 0) is 20.3 Å². The molecular weight excluding hydrogens is 205 g/mol. The van der Waals surface area contributed by atoms with Crippen LogP contribution in [0.15, 0.2) is 24.3 Å². The van der Waals surface area contributed by atoms with Crippen LogP contribution in [0.3, 0.4) is 0 Å². The molecule has 1 aromatic carbocycles. The van der Waals surface area contributed by atoms with Crippen LogP contribution in [0, 0.1) is 0 Å². The summed E-state index contributed by atoms with van der Waals surface area (Å²) in [4.78, 5) is 0. The molecule has 80 valence electrons. The summed E-state index contributed by atoms with van der Waals surface area (Å²) in [5.41, 5.74) is 1.15. The van der Waals surface area contributed by atoms with Crippen molar-refractivity contribution in [2.75, 3.05) is 0 Å². The molecule has 2 rings (SSSR count). The molecule has 0 unspecified atom stereocenters. The van der Waals surface area contributed by atoms with Crippen LogP contribution in [0.5, 0.6) is 0 Å². The van der Waals surface area contributed by atoms with Crippen LogP contribution < -0.4 is 4.57 Å². The first-order valence-corrected chi connectivity index (χ1v) is 4.43. The van der Waals surface area contributed by atoms with Gasteiger partial charge in [-0.05, 0) is 12.1 Å². The Labute approximate surface area is 84.6 Å². The van der Waals surface area contributed by atoms with Crippen LogP contribution in [0.4, 0.5) is 13.2 Å². The average Bonchev–Trinajstić information content (AvgIpc) is 2.39. The minimum absolute atomic E-state index is 0.576. The predicted molar refractivity (Wildman–Crippen MR) is 49.1 cm³/mol. The first kappa shape index (κ1) is 10.0. The van der Waals surface area contributed by atoms with Gasteiger partial charge in [-0.2, -0.15) is 13.2 Å². The molecule has 0 bridgehead atoms. The third-order valence-corrected chi connectivity index (χ3v) is 2.49. The Balaban J connectivity index is 2.87. The Hall–Kier alpha value is -1.52. The molecule has 0 fully saturated rings. The topological polar surface area (TPSA) is 8.81 Å². The smallest absolute Gasteiger partial charge is 0.222 e. The maximum absolute atomic E-state index is 12.7. The Bertz CT molecular complexity index is 472. The Morgan fingerprint density at radius 1 is 1.20 bits per heavy atom. The van der Waals surface area contributed by atoms with E-state index >= 15 is 0 Å². The van der Waals surface area contributed by atoms with Gasteiger partial charge in [0.1, 0.15) is 0 Å². The van der Waals surface area contributed by atoms with Crippen molar-refractivity contribution in [3.8, 4) is 0 Å². The molecule has 0 radical (unpaired) electrons. The standard InChI is InChI=1S/C10H10F3N2/c1-14-7-5-3-4-6-8(7)15(2)9(14)10(11,12)13/h3-6H,1-2H3/q+1. The molecule has 2 nitrogen and oxygen atoms in total. The number of aromatic nitrogens is 2. The number of alkyl halides is 3. The number of rotatable bonds is 0. The summed E-state index contributed by atoms with van der Waals surface area (Å²) in [6.45, 7) is 0. The molecule has 0 spiro atoms. The van der Waals surface area contributed by atoms with Gasteiger partial charge in [0, 0.05) is 0 Å². The second-order valence-corrected chi connectivity index (χ2v) is 3.43. The molecule has 0 N–H and O–H groups in total. The molecule has 2 aromatic rings. The highest BCUT2D eigenvalue weighted by Gasteiger charge is 2.45. The Morgan fingerprint density at radius 3 is 2.33 bits per heavy atom. The molecule has 0 aliphatic carbocycles. The number of hydrogen-bond donors (Lipinski definition) is 0. The van der Waals surface area contributed by atoms with E-state index in [0.717, 1.165) is 9.13 Å². The summed E-state index contributed by atoms with van der Waals surface area (Å²) in [6, 6.07) is 6.79. The van der Waals surface area contributed by atoms with E-state index in [-0.39, 0.29) is 0 Å². The second-order valence-electron chi connectivity index (χ2n) is 3.43. The van der Waals surface area contributed by atoms with Crippen molar-refractivity contribution >= 4 is 11.0 Å². The largest absolute Gasteiger partial charge is 0.495 e. The minimum atomic E-state index is -4.33. The van der Waals surface area contributed by atoms with Crippen LogP contribution in [-0.4, -0.2) is 4.57 Å². The van der Waals surface area contributed by atoms with Gasteiger partial charge in [0.05, 0.1) is 14.1 Å². The van der Waals surface area contributed by atoms with Crippen LogP contribution in [0.25, 0.3) is 11.0 Å².